The van der Waals surface area contributed by atoms with Gasteiger partial charge in [-0.2, -0.15) is 0 Å². The summed E-state index contributed by atoms with van der Waals surface area (Å²) in [4.78, 5) is 8.82. The second-order valence-corrected chi connectivity index (χ2v) is 4.70. The molecule has 0 amide bonds. The van der Waals surface area contributed by atoms with Crippen molar-refractivity contribution in [2.45, 2.75) is 6.42 Å². The molecule has 2 aromatic rings. The van der Waals surface area contributed by atoms with Crippen LogP contribution in [0.25, 0.3) is 11.3 Å². The van der Waals surface area contributed by atoms with Gasteiger partial charge in [0.25, 0.3) is 0 Å². The molecule has 0 spiro atoms. The lowest BCUT2D eigenvalue weighted by molar-refractivity contribution is 0.986. The van der Waals surface area contributed by atoms with E-state index >= 15 is 0 Å². The van der Waals surface area contributed by atoms with Crippen LogP contribution >= 0.6 is 11.6 Å². The second-order valence-electron chi connectivity index (χ2n) is 4.26. The minimum Gasteiger partial charge on any atom is -0.353 e. The van der Waals surface area contributed by atoms with E-state index in [2.05, 4.69) is 15.3 Å². The fraction of sp³-hybridized carbons (Fsp3) is 0.231. The third-order valence-electron chi connectivity index (χ3n) is 3.00. The van der Waals surface area contributed by atoms with E-state index in [-0.39, 0.29) is 0 Å². The van der Waals surface area contributed by atoms with Crippen molar-refractivity contribution < 1.29 is 0 Å². The second kappa shape index (κ2) is 4.55. The zero-order valence-electron chi connectivity index (χ0n) is 9.78. The van der Waals surface area contributed by atoms with E-state index in [4.69, 9.17) is 17.3 Å². The minimum atomic E-state index is 0.562. The van der Waals surface area contributed by atoms with Gasteiger partial charge in [-0.15, -0.1) is 0 Å². The van der Waals surface area contributed by atoms with Crippen LogP contribution in [0.3, 0.4) is 0 Å². The highest BCUT2D eigenvalue weighted by atomic mass is 35.5. The van der Waals surface area contributed by atoms with Gasteiger partial charge in [-0.3, -0.25) is 0 Å². The molecule has 0 radical (unpaired) electrons. The van der Waals surface area contributed by atoms with Crippen LogP contribution in [-0.4, -0.2) is 23.1 Å². The Kier molecular flexibility index (Phi) is 2.89. The number of hydrogen-bond acceptors (Lipinski definition) is 4. The van der Waals surface area contributed by atoms with Crippen molar-refractivity contribution in [2.75, 3.05) is 18.4 Å². The summed E-state index contributed by atoms with van der Waals surface area (Å²) in [6.45, 7) is 1.24. The van der Waals surface area contributed by atoms with Crippen molar-refractivity contribution in [3.63, 3.8) is 0 Å². The maximum absolute atomic E-state index is 6.00. The van der Waals surface area contributed by atoms with Gasteiger partial charge in [0, 0.05) is 41.9 Å². The number of rotatable bonds is 3. The van der Waals surface area contributed by atoms with Crippen LogP contribution in [0, 0.1) is 0 Å². The maximum atomic E-state index is 6.00. The number of benzene rings is 1. The highest BCUT2D eigenvalue weighted by Crippen LogP contribution is 2.36. The summed E-state index contributed by atoms with van der Waals surface area (Å²) in [5.74, 6) is 0.627. The molecule has 0 unspecified atom stereocenters. The average molecular weight is 261 g/mol. The van der Waals surface area contributed by atoms with Crippen molar-refractivity contribution >= 4 is 17.5 Å². The first-order valence-corrected chi connectivity index (χ1v) is 6.24. The average Bonchev–Trinajstić information content (AvgIpc) is 2.72. The summed E-state index contributed by atoms with van der Waals surface area (Å²) in [6.07, 6.45) is 2.72. The first-order valence-electron chi connectivity index (χ1n) is 5.86. The molecule has 3 N–H and O–H groups in total. The molecule has 0 fully saturated rings. The molecule has 4 nitrogen and oxygen atoms in total. The van der Waals surface area contributed by atoms with Gasteiger partial charge in [0.15, 0.2) is 0 Å². The van der Waals surface area contributed by atoms with Gasteiger partial charge >= 0.3 is 0 Å². The molecular weight excluding hydrogens is 248 g/mol. The molecule has 1 heterocycles. The SMILES string of the molecule is NCCNc1ncc2c(n1)-c1ccc(Cl)cc1C2. The molecule has 3 rings (SSSR count). The lowest BCUT2D eigenvalue weighted by Gasteiger charge is -2.05. The van der Waals surface area contributed by atoms with E-state index in [0.29, 0.717) is 19.0 Å². The van der Waals surface area contributed by atoms with Gasteiger partial charge in [-0.05, 0) is 17.7 Å². The molecule has 0 aliphatic heterocycles. The van der Waals surface area contributed by atoms with Crippen LogP contribution in [0.4, 0.5) is 5.95 Å². The van der Waals surface area contributed by atoms with Gasteiger partial charge < -0.3 is 11.1 Å². The molecule has 5 heteroatoms. The van der Waals surface area contributed by atoms with Crippen molar-refractivity contribution in [1.29, 1.82) is 0 Å². The first-order chi connectivity index (χ1) is 8.78. The zero-order valence-corrected chi connectivity index (χ0v) is 10.5. The van der Waals surface area contributed by atoms with Crippen molar-refractivity contribution in [2.24, 2.45) is 5.73 Å². The fourth-order valence-electron chi connectivity index (χ4n) is 2.18. The lowest BCUT2D eigenvalue weighted by Crippen LogP contribution is -2.15. The van der Waals surface area contributed by atoms with Crippen molar-refractivity contribution in [3.05, 3.63) is 40.5 Å². The third-order valence-corrected chi connectivity index (χ3v) is 3.23. The summed E-state index contributed by atoms with van der Waals surface area (Å²) < 4.78 is 0. The van der Waals surface area contributed by atoms with Crippen LogP contribution in [0.1, 0.15) is 11.1 Å². The number of hydrogen-bond donors (Lipinski definition) is 2. The smallest absolute Gasteiger partial charge is 0.223 e. The summed E-state index contributed by atoms with van der Waals surface area (Å²) in [7, 11) is 0. The molecule has 1 aromatic heterocycles. The normalized spacial score (nSPS) is 12.1. The van der Waals surface area contributed by atoms with Gasteiger partial charge in [0.1, 0.15) is 0 Å². The fourth-order valence-corrected chi connectivity index (χ4v) is 2.38. The number of nitrogens with two attached hydrogens (primary N) is 1. The topological polar surface area (TPSA) is 63.8 Å². The number of fused-ring (bicyclic) bond motifs is 3. The van der Waals surface area contributed by atoms with Gasteiger partial charge in [-0.25, -0.2) is 9.97 Å². The molecule has 0 saturated carbocycles. The third kappa shape index (κ3) is 1.94. The van der Waals surface area contributed by atoms with E-state index in [9.17, 15) is 0 Å². The molecule has 18 heavy (non-hydrogen) atoms. The maximum Gasteiger partial charge on any atom is 0.223 e. The van der Waals surface area contributed by atoms with E-state index < -0.39 is 0 Å². The number of anilines is 1. The van der Waals surface area contributed by atoms with Gasteiger partial charge in [0.2, 0.25) is 5.95 Å². The number of nitrogens with one attached hydrogen (secondary N) is 1. The molecule has 1 aliphatic rings. The van der Waals surface area contributed by atoms with E-state index in [1.54, 1.807) is 0 Å². The molecular formula is C13H13ClN4. The predicted octanol–water partition coefficient (Wildman–Crippen LogP) is 2.07. The van der Waals surface area contributed by atoms with Gasteiger partial charge in [-0.1, -0.05) is 17.7 Å². The lowest BCUT2D eigenvalue weighted by atomic mass is 10.1. The highest BCUT2D eigenvalue weighted by Gasteiger charge is 2.20. The Bertz CT molecular complexity index is 598. The number of halogens is 1. The molecule has 0 bridgehead atoms. The van der Waals surface area contributed by atoms with Crippen LogP contribution in [0.15, 0.2) is 24.4 Å². The number of nitrogens with zero attached hydrogens (tertiary/aromatic N) is 2. The van der Waals surface area contributed by atoms with E-state index in [1.165, 1.54) is 5.56 Å². The largest absolute Gasteiger partial charge is 0.353 e. The van der Waals surface area contributed by atoms with Crippen LogP contribution in [0.2, 0.25) is 5.02 Å². The van der Waals surface area contributed by atoms with Crippen molar-refractivity contribution in [3.8, 4) is 11.3 Å². The Balaban J connectivity index is 2.00. The summed E-state index contributed by atoms with van der Waals surface area (Å²) in [5.41, 5.74) is 9.95. The van der Waals surface area contributed by atoms with E-state index in [0.717, 1.165) is 28.3 Å². The van der Waals surface area contributed by atoms with Crippen LogP contribution < -0.4 is 11.1 Å². The standard InChI is InChI=1S/C13H13ClN4/c14-10-1-2-11-8(6-10)5-9-7-17-13(16-4-3-15)18-12(9)11/h1-2,6-7H,3-5,15H2,(H,16,17,18). The van der Waals surface area contributed by atoms with Crippen LogP contribution in [0.5, 0.6) is 0 Å². The quantitative estimate of drug-likeness (QED) is 0.757. The Hall–Kier alpha value is -1.65. The molecule has 0 atom stereocenters. The monoisotopic (exact) mass is 260 g/mol. The Morgan fingerprint density at radius 1 is 1.33 bits per heavy atom. The Morgan fingerprint density at radius 2 is 2.22 bits per heavy atom. The summed E-state index contributed by atoms with van der Waals surface area (Å²) in [6, 6.07) is 5.90. The highest BCUT2D eigenvalue weighted by molar-refractivity contribution is 6.30. The molecule has 1 aliphatic carbocycles. The summed E-state index contributed by atoms with van der Waals surface area (Å²) in [5, 5.41) is 3.85. The Labute approximate surface area is 110 Å². The first kappa shape index (κ1) is 11.4. The predicted molar refractivity (Wildman–Crippen MR) is 72.8 cm³/mol. The zero-order chi connectivity index (χ0) is 12.5. The van der Waals surface area contributed by atoms with E-state index in [1.807, 2.05) is 24.4 Å². The molecule has 0 saturated heterocycles. The van der Waals surface area contributed by atoms with Crippen molar-refractivity contribution in [1.82, 2.24) is 9.97 Å². The molecule has 1 aromatic carbocycles. The minimum absolute atomic E-state index is 0.562. The number of aromatic nitrogens is 2. The van der Waals surface area contributed by atoms with Crippen LogP contribution in [-0.2, 0) is 6.42 Å². The summed E-state index contributed by atoms with van der Waals surface area (Å²) >= 11 is 6.00. The Morgan fingerprint density at radius 3 is 3.06 bits per heavy atom. The molecule has 92 valence electrons. The van der Waals surface area contributed by atoms with Gasteiger partial charge in [0.05, 0.1) is 5.69 Å².